The summed E-state index contributed by atoms with van der Waals surface area (Å²) in [5, 5.41) is 5.02. The lowest BCUT2D eigenvalue weighted by Gasteiger charge is -2.34. The number of fused-ring (bicyclic) bond motifs is 8. The van der Waals surface area contributed by atoms with Crippen molar-refractivity contribution in [1.82, 2.24) is 4.57 Å². The molecule has 11 aromatic carbocycles. The summed E-state index contributed by atoms with van der Waals surface area (Å²) in [4.78, 5) is 2.32. The second kappa shape index (κ2) is 15.8. The maximum Gasteiger partial charge on any atom is 0.0714 e. The molecule has 1 aliphatic rings. The molecule has 12 aromatic rings. The fourth-order valence-electron chi connectivity index (χ4n) is 11.1. The van der Waals surface area contributed by atoms with E-state index in [1.54, 1.807) is 0 Å². The molecule has 1 aliphatic carbocycles. The Morgan fingerprint density at radius 2 is 0.866 bits per heavy atom. The fourth-order valence-corrected chi connectivity index (χ4v) is 11.1. The van der Waals surface area contributed by atoms with E-state index in [2.05, 4.69) is 276 Å². The van der Waals surface area contributed by atoms with Crippen LogP contribution in [0.2, 0.25) is 0 Å². The van der Waals surface area contributed by atoms with Gasteiger partial charge in [-0.3, -0.25) is 0 Å². The standard InChI is InChI=1S/C65H44N2/c1-5-20-50(21-6-1)65(51-22-7-2-8-23-51)60-31-16-15-30-57(60)58-40-38-55(44-61(58)65)67-62-41-37-47-18-13-14-29-56(47)64(62)59-39-36-49(43-63(59)67)46-34-32-45(33-35-46)48-19-17-28-54(42-48)66(52-24-9-3-10-25-52)53-26-11-4-12-27-53/h1-44H. The molecule has 2 heteroatoms. The SMILES string of the molecule is c1ccc(N(c2ccccc2)c2cccc(-c3ccc(-c4ccc5c6c7ccccc7ccc6n(-c6ccc7c(c6)C(c6ccccc6)(c6ccccc6)c6ccccc6-7)c5c4)cc3)c2)cc1. The number of hydrogen-bond donors (Lipinski definition) is 0. The first-order chi connectivity index (χ1) is 33.2. The molecule has 67 heavy (non-hydrogen) atoms. The van der Waals surface area contributed by atoms with Gasteiger partial charge in [0, 0.05) is 33.5 Å². The minimum absolute atomic E-state index is 0.496. The van der Waals surface area contributed by atoms with E-state index in [9.17, 15) is 0 Å². The first kappa shape index (κ1) is 38.7. The summed E-state index contributed by atoms with van der Waals surface area (Å²) < 4.78 is 2.51. The van der Waals surface area contributed by atoms with Crippen molar-refractivity contribution in [3.63, 3.8) is 0 Å². The van der Waals surface area contributed by atoms with Crippen LogP contribution in [0.25, 0.3) is 71.6 Å². The van der Waals surface area contributed by atoms with Gasteiger partial charge in [-0.2, -0.15) is 0 Å². The van der Waals surface area contributed by atoms with E-state index in [4.69, 9.17) is 0 Å². The smallest absolute Gasteiger partial charge is 0.0714 e. The molecule has 0 aliphatic heterocycles. The Morgan fingerprint density at radius 3 is 1.55 bits per heavy atom. The van der Waals surface area contributed by atoms with Gasteiger partial charge in [0.25, 0.3) is 0 Å². The molecule has 0 unspecified atom stereocenters. The minimum Gasteiger partial charge on any atom is -0.310 e. The van der Waals surface area contributed by atoms with Crippen molar-refractivity contribution in [3.05, 3.63) is 289 Å². The molecule has 0 radical (unpaired) electrons. The zero-order valence-electron chi connectivity index (χ0n) is 36.8. The highest BCUT2D eigenvalue weighted by atomic mass is 15.1. The molecule has 0 bridgehead atoms. The number of hydrogen-bond acceptors (Lipinski definition) is 1. The molecule has 0 saturated heterocycles. The van der Waals surface area contributed by atoms with Crippen molar-refractivity contribution in [3.8, 4) is 39.1 Å². The third-order valence-electron chi connectivity index (χ3n) is 14.0. The van der Waals surface area contributed by atoms with Crippen LogP contribution in [0.1, 0.15) is 22.3 Å². The maximum absolute atomic E-state index is 2.51. The highest BCUT2D eigenvalue weighted by Gasteiger charge is 2.46. The topological polar surface area (TPSA) is 8.17 Å². The lowest BCUT2D eigenvalue weighted by molar-refractivity contribution is 0.767. The van der Waals surface area contributed by atoms with Crippen LogP contribution in [0.4, 0.5) is 17.1 Å². The number of benzene rings is 11. The van der Waals surface area contributed by atoms with E-state index >= 15 is 0 Å². The molecule has 314 valence electrons. The van der Waals surface area contributed by atoms with Crippen molar-refractivity contribution >= 4 is 49.6 Å². The highest BCUT2D eigenvalue weighted by Crippen LogP contribution is 2.56. The largest absolute Gasteiger partial charge is 0.310 e. The number of anilines is 3. The molecule has 1 aromatic heterocycles. The quantitative estimate of drug-likeness (QED) is 0.148. The van der Waals surface area contributed by atoms with Gasteiger partial charge in [0.15, 0.2) is 0 Å². The third kappa shape index (κ3) is 6.18. The fraction of sp³-hybridized carbons (Fsp3) is 0.0154. The Labute approximate surface area is 390 Å². The van der Waals surface area contributed by atoms with E-state index in [0.29, 0.717) is 0 Å². The van der Waals surface area contributed by atoms with Crippen molar-refractivity contribution in [2.75, 3.05) is 4.90 Å². The minimum atomic E-state index is -0.496. The third-order valence-corrected chi connectivity index (χ3v) is 14.0. The van der Waals surface area contributed by atoms with Gasteiger partial charge in [-0.1, -0.05) is 206 Å². The van der Waals surface area contributed by atoms with E-state index in [1.165, 1.54) is 88.2 Å². The average molecular weight is 853 g/mol. The lowest BCUT2D eigenvalue weighted by Crippen LogP contribution is -2.28. The van der Waals surface area contributed by atoms with Gasteiger partial charge in [-0.05, 0) is 127 Å². The second-order valence-electron chi connectivity index (χ2n) is 17.6. The Balaban J connectivity index is 0.965. The predicted molar refractivity (Wildman–Crippen MR) is 281 cm³/mol. The Kier molecular flexibility index (Phi) is 9.11. The molecular formula is C65H44N2. The van der Waals surface area contributed by atoms with Crippen LogP contribution in [0.3, 0.4) is 0 Å². The molecule has 13 rings (SSSR count). The first-order valence-electron chi connectivity index (χ1n) is 23.2. The van der Waals surface area contributed by atoms with Crippen LogP contribution in [-0.2, 0) is 5.41 Å². The number of para-hydroxylation sites is 2. The number of aromatic nitrogens is 1. The molecule has 1 heterocycles. The predicted octanol–water partition coefficient (Wildman–Crippen LogP) is 17.1. The molecule has 0 N–H and O–H groups in total. The molecule has 0 saturated carbocycles. The first-order valence-corrected chi connectivity index (χ1v) is 23.2. The number of rotatable bonds is 8. The average Bonchev–Trinajstić information content (AvgIpc) is 3.90. The van der Waals surface area contributed by atoms with Crippen molar-refractivity contribution in [2.24, 2.45) is 0 Å². The molecule has 0 amide bonds. The van der Waals surface area contributed by atoms with E-state index < -0.39 is 5.41 Å². The van der Waals surface area contributed by atoms with Gasteiger partial charge in [0.2, 0.25) is 0 Å². The van der Waals surface area contributed by atoms with Crippen LogP contribution < -0.4 is 4.90 Å². The Bertz CT molecular complexity index is 3700. The highest BCUT2D eigenvalue weighted by molar-refractivity contribution is 6.21. The van der Waals surface area contributed by atoms with Crippen LogP contribution in [-0.4, -0.2) is 4.57 Å². The van der Waals surface area contributed by atoms with Gasteiger partial charge in [-0.15, -0.1) is 0 Å². The van der Waals surface area contributed by atoms with Gasteiger partial charge >= 0.3 is 0 Å². The molecule has 0 atom stereocenters. The Hall–Kier alpha value is -8.72. The van der Waals surface area contributed by atoms with Crippen molar-refractivity contribution in [2.45, 2.75) is 5.41 Å². The van der Waals surface area contributed by atoms with Gasteiger partial charge in [0.05, 0.1) is 16.4 Å². The molecule has 0 spiro atoms. The van der Waals surface area contributed by atoms with Crippen molar-refractivity contribution < 1.29 is 0 Å². The summed E-state index contributed by atoms with van der Waals surface area (Å²) in [6.45, 7) is 0. The summed E-state index contributed by atoms with van der Waals surface area (Å²) in [7, 11) is 0. The Morgan fingerprint density at radius 1 is 0.313 bits per heavy atom. The van der Waals surface area contributed by atoms with Crippen LogP contribution in [0, 0.1) is 0 Å². The van der Waals surface area contributed by atoms with Crippen molar-refractivity contribution in [1.29, 1.82) is 0 Å². The normalized spacial score (nSPS) is 12.6. The second-order valence-corrected chi connectivity index (χ2v) is 17.6. The zero-order valence-corrected chi connectivity index (χ0v) is 36.8. The van der Waals surface area contributed by atoms with Gasteiger partial charge in [-0.25, -0.2) is 0 Å². The molecule has 0 fully saturated rings. The van der Waals surface area contributed by atoms with E-state index in [0.717, 1.165) is 22.7 Å². The summed E-state index contributed by atoms with van der Waals surface area (Å²) in [5.74, 6) is 0. The summed E-state index contributed by atoms with van der Waals surface area (Å²) in [6, 6.07) is 97.9. The van der Waals surface area contributed by atoms with Crippen LogP contribution >= 0.6 is 0 Å². The number of nitrogens with zero attached hydrogens (tertiary/aromatic N) is 2. The van der Waals surface area contributed by atoms with Gasteiger partial charge < -0.3 is 9.47 Å². The van der Waals surface area contributed by atoms with Crippen LogP contribution in [0.5, 0.6) is 0 Å². The summed E-state index contributed by atoms with van der Waals surface area (Å²) >= 11 is 0. The van der Waals surface area contributed by atoms with E-state index in [-0.39, 0.29) is 0 Å². The van der Waals surface area contributed by atoms with E-state index in [1.807, 2.05) is 0 Å². The maximum atomic E-state index is 2.51. The monoisotopic (exact) mass is 852 g/mol. The molecule has 2 nitrogen and oxygen atoms in total. The zero-order chi connectivity index (χ0) is 44.3. The molecular weight excluding hydrogens is 809 g/mol. The lowest BCUT2D eigenvalue weighted by atomic mass is 9.67. The van der Waals surface area contributed by atoms with Gasteiger partial charge in [0.1, 0.15) is 0 Å². The summed E-state index contributed by atoms with van der Waals surface area (Å²) in [6.07, 6.45) is 0. The van der Waals surface area contributed by atoms with Crippen LogP contribution in [0.15, 0.2) is 267 Å². The summed E-state index contributed by atoms with van der Waals surface area (Å²) in [5.41, 5.74) is 18.8.